The molecule has 1 amide bonds. The summed E-state index contributed by atoms with van der Waals surface area (Å²) in [4.78, 5) is 17.4. The Morgan fingerprint density at radius 1 is 1.30 bits per heavy atom. The molecule has 0 aliphatic heterocycles. The van der Waals surface area contributed by atoms with Crippen molar-refractivity contribution in [1.29, 1.82) is 0 Å². The number of carbonyl (C=O) groups excluding carboxylic acids is 1. The van der Waals surface area contributed by atoms with Crippen LogP contribution in [-0.4, -0.2) is 31.0 Å². The molecular weight excluding hydrogens is 378 g/mol. The monoisotopic (exact) mass is 399 g/mol. The van der Waals surface area contributed by atoms with Crippen molar-refractivity contribution >= 4 is 29.0 Å². The quantitative estimate of drug-likeness (QED) is 0.598. The van der Waals surface area contributed by atoms with Gasteiger partial charge in [-0.15, -0.1) is 21.5 Å². The molecule has 0 radical (unpaired) electrons. The highest BCUT2D eigenvalue weighted by Crippen LogP contribution is 2.39. The van der Waals surface area contributed by atoms with E-state index in [1.54, 1.807) is 0 Å². The molecule has 0 atom stereocenters. The Morgan fingerprint density at radius 2 is 2.07 bits per heavy atom. The smallest absolute Gasteiger partial charge is 0.258 e. The van der Waals surface area contributed by atoms with Gasteiger partial charge in [-0.2, -0.15) is 4.99 Å². The summed E-state index contributed by atoms with van der Waals surface area (Å²) in [6.45, 7) is 2.78. The first-order chi connectivity index (χ1) is 13.1. The molecule has 1 saturated carbocycles. The zero-order chi connectivity index (χ0) is 18.8. The Kier molecular flexibility index (Phi) is 5.27. The van der Waals surface area contributed by atoms with E-state index in [0.29, 0.717) is 12.5 Å². The van der Waals surface area contributed by atoms with E-state index in [1.807, 2.05) is 27.8 Å². The number of benzene rings is 1. The van der Waals surface area contributed by atoms with E-state index in [2.05, 4.69) is 46.4 Å². The van der Waals surface area contributed by atoms with Crippen molar-refractivity contribution in [1.82, 2.24) is 19.3 Å². The summed E-state index contributed by atoms with van der Waals surface area (Å²) in [5.41, 5.74) is 2.42. The van der Waals surface area contributed by atoms with Gasteiger partial charge in [0.15, 0.2) is 9.96 Å². The topological polar surface area (TPSA) is 65.1 Å². The second-order valence-corrected chi connectivity index (χ2v) is 8.58. The summed E-state index contributed by atoms with van der Waals surface area (Å²) >= 11 is 2.87. The highest BCUT2D eigenvalue weighted by molar-refractivity contribution is 7.99. The largest absolute Gasteiger partial charge is 0.319 e. The number of aryl methyl sites for hydroxylation is 1. The lowest BCUT2D eigenvalue weighted by Crippen LogP contribution is -2.17. The van der Waals surface area contributed by atoms with Gasteiger partial charge in [0.05, 0.1) is 5.75 Å². The van der Waals surface area contributed by atoms with Crippen LogP contribution in [0.25, 0.3) is 0 Å². The molecule has 2 heterocycles. The molecule has 1 aliphatic rings. The SMILES string of the molecule is Cc1ccc(Cn2ccsc2=NC(=O)CSc2nnc(C3CC3)n2C)cc1. The van der Waals surface area contributed by atoms with Crippen molar-refractivity contribution in [3.05, 3.63) is 57.6 Å². The highest BCUT2D eigenvalue weighted by atomic mass is 32.2. The number of carbonyl (C=O) groups is 1. The van der Waals surface area contributed by atoms with Crippen LogP contribution in [0, 0.1) is 6.92 Å². The zero-order valence-electron chi connectivity index (χ0n) is 15.3. The van der Waals surface area contributed by atoms with Gasteiger partial charge in [-0.3, -0.25) is 4.79 Å². The van der Waals surface area contributed by atoms with Crippen LogP contribution < -0.4 is 4.80 Å². The number of hydrogen-bond donors (Lipinski definition) is 0. The van der Waals surface area contributed by atoms with E-state index in [0.717, 1.165) is 15.8 Å². The molecule has 0 unspecified atom stereocenters. The Balaban J connectivity index is 1.42. The number of hydrogen-bond acceptors (Lipinski definition) is 5. The van der Waals surface area contributed by atoms with Crippen molar-refractivity contribution in [3.8, 4) is 0 Å². The van der Waals surface area contributed by atoms with E-state index in [4.69, 9.17) is 0 Å². The van der Waals surface area contributed by atoms with Crippen LogP contribution in [0.5, 0.6) is 0 Å². The molecule has 140 valence electrons. The maximum atomic E-state index is 12.3. The van der Waals surface area contributed by atoms with E-state index in [-0.39, 0.29) is 11.7 Å². The molecule has 3 aromatic rings. The number of amides is 1. The van der Waals surface area contributed by atoms with Crippen LogP contribution in [-0.2, 0) is 18.4 Å². The molecule has 27 heavy (non-hydrogen) atoms. The van der Waals surface area contributed by atoms with Crippen molar-refractivity contribution in [3.63, 3.8) is 0 Å². The van der Waals surface area contributed by atoms with Gasteiger partial charge in [0.1, 0.15) is 5.82 Å². The third-order valence-corrected chi connectivity index (χ3v) is 6.29. The van der Waals surface area contributed by atoms with E-state index in [1.165, 1.54) is 47.1 Å². The second kappa shape index (κ2) is 7.82. The number of nitrogens with zero attached hydrogens (tertiary/aromatic N) is 5. The Hall–Kier alpha value is -2.19. The molecule has 0 spiro atoms. The predicted molar refractivity (Wildman–Crippen MR) is 107 cm³/mol. The minimum atomic E-state index is -0.156. The molecule has 4 rings (SSSR count). The van der Waals surface area contributed by atoms with Gasteiger partial charge in [-0.1, -0.05) is 41.6 Å². The van der Waals surface area contributed by atoms with Crippen molar-refractivity contribution in [2.45, 2.75) is 37.4 Å². The minimum Gasteiger partial charge on any atom is -0.319 e. The molecule has 0 saturated heterocycles. The average Bonchev–Trinajstić information content (AvgIpc) is 3.31. The fourth-order valence-corrected chi connectivity index (χ4v) is 4.26. The van der Waals surface area contributed by atoms with Crippen molar-refractivity contribution in [2.75, 3.05) is 5.75 Å². The molecular formula is C19H21N5OS2. The molecule has 2 aromatic heterocycles. The third kappa shape index (κ3) is 4.39. The first kappa shape index (κ1) is 18.2. The van der Waals surface area contributed by atoms with E-state index in [9.17, 15) is 4.79 Å². The lowest BCUT2D eigenvalue weighted by atomic mass is 10.1. The summed E-state index contributed by atoms with van der Waals surface area (Å²) < 4.78 is 4.00. The summed E-state index contributed by atoms with van der Waals surface area (Å²) in [7, 11) is 1.96. The van der Waals surface area contributed by atoms with Crippen LogP contribution >= 0.6 is 23.1 Å². The molecule has 0 bridgehead atoms. The average molecular weight is 400 g/mol. The summed E-state index contributed by atoms with van der Waals surface area (Å²) in [6.07, 6.45) is 4.34. The van der Waals surface area contributed by atoms with Crippen LogP contribution in [0.4, 0.5) is 0 Å². The number of thioether (sulfide) groups is 1. The molecule has 1 fully saturated rings. The summed E-state index contributed by atoms with van der Waals surface area (Å²) in [5.74, 6) is 1.68. The summed E-state index contributed by atoms with van der Waals surface area (Å²) in [5, 5.41) is 11.2. The zero-order valence-corrected chi connectivity index (χ0v) is 17.0. The fourth-order valence-electron chi connectivity index (χ4n) is 2.81. The van der Waals surface area contributed by atoms with Crippen LogP contribution in [0.3, 0.4) is 0 Å². The number of rotatable bonds is 6. The van der Waals surface area contributed by atoms with Gasteiger partial charge in [0, 0.05) is 31.1 Å². The van der Waals surface area contributed by atoms with Crippen molar-refractivity contribution in [2.24, 2.45) is 12.0 Å². The lowest BCUT2D eigenvalue weighted by molar-refractivity contribution is -0.115. The first-order valence-electron chi connectivity index (χ1n) is 8.89. The van der Waals surface area contributed by atoms with Crippen LogP contribution in [0.2, 0.25) is 0 Å². The standard InChI is InChI=1S/C19H21N5OS2/c1-13-3-5-14(6-4-13)11-24-9-10-26-18(24)20-16(25)12-27-19-22-21-17(23(19)2)15-7-8-15/h3-6,9-10,15H,7-8,11-12H2,1-2H3. The van der Waals surface area contributed by atoms with Gasteiger partial charge < -0.3 is 9.13 Å². The van der Waals surface area contributed by atoms with Gasteiger partial charge >= 0.3 is 0 Å². The summed E-state index contributed by atoms with van der Waals surface area (Å²) in [6, 6.07) is 8.40. The number of aromatic nitrogens is 4. The molecule has 1 aliphatic carbocycles. The molecule has 1 aromatic carbocycles. The van der Waals surface area contributed by atoms with Gasteiger partial charge in [-0.25, -0.2) is 0 Å². The van der Waals surface area contributed by atoms with E-state index >= 15 is 0 Å². The van der Waals surface area contributed by atoms with Crippen molar-refractivity contribution < 1.29 is 4.79 Å². The molecule has 0 N–H and O–H groups in total. The highest BCUT2D eigenvalue weighted by Gasteiger charge is 2.29. The molecule has 8 heteroatoms. The Morgan fingerprint density at radius 3 is 2.81 bits per heavy atom. The first-order valence-corrected chi connectivity index (χ1v) is 10.8. The number of thiazole rings is 1. The molecule has 6 nitrogen and oxygen atoms in total. The predicted octanol–water partition coefficient (Wildman–Crippen LogP) is 3.13. The van der Waals surface area contributed by atoms with E-state index < -0.39 is 0 Å². The normalized spacial score (nSPS) is 14.7. The van der Waals surface area contributed by atoms with Crippen LogP contribution in [0.15, 0.2) is 46.0 Å². The fraction of sp³-hybridized carbons (Fsp3) is 0.368. The minimum absolute atomic E-state index is 0.156. The van der Waals surface area contributed by atoms with Gasteiger partial charge in [-0.05, 0) is 25.3 Å². The van der Waals surface area contributed by atoms with Crippen LogP contribution in [0.1, 0.15) is 35.7 Å². The lowest BCUT2D eigenvalue weighted by Gasteiger charge is -2.04. The Labute approximate surface area is 166 Å². The second-order valence-electron chi connectivity index (χ2n) is 6.77. The maximum Gasteiger partial charge on any atom is 0.258 e. The van der Waals surface area contributed by atoms with Gasteiger partial charge in [0.25, 0.3) is 5.91 Å². The van der Waals surface area contributed by atoms with Gasteiger partial charge in [0.2, 0.25) is 0 Å². The third-order valence-electron chi connectivity index (χ3n) is 4.49. The Bertz CT molecular complexity index is 1010. The maximum absolute atomic E-state index is 12.3.